The fourth-order valence-corrected chi connectivity index (χ4v) is 4.32. The molecule has 0 spiro atoms. The predicted octanol–water partition coefficient (Wildman–Crippen LogP) is 10.7. The van der Waals surface area contributed by atoms with Crippen LogP contribution in [0.25, 0.3) is 0 Å². The Morgan fingerprint density at radius 3 is 1.20 bits per heavy atom. The second-order valence-electron chi connectivity index (χ2n) is 9.42. The van der Waals surface area contributed by atoms with Gasteiger partial charge in [0.15, 0.2) is 0 Å². The third kappa shape index (κ3) is 23.8. The highest BCUT2D eigenvalue weighted by atomic mass is 14.1. The van der Waals surface area contributed by atoms with E-state index in [1.165, 1.54) is 128 Å². The monoisotopic (exact) mass is 416 g/mol. The number of hydrogen-bond donors (Lipinski definition) is 0. The first-order valence-electron chi connectivity index (χ1n) is 13.9. The van der Waals surface area contributed by atoms with Gasteiger partial charge in [0.2, 0.25) is 0 Å². The van der Waals surface area contributed by atoms with Gasteiger partial charge in [0.25, 0.3) is 0 Å². The molecule has 0 aromatic carbocycles. The molecule has 0 nitrogen and oxygen atoms in total. The van der Waals surface area contributed by atoms with E-state index >= 15 is 0 Å². The smallest absolute Gasteiger partial charge is 0.00886 e. The molecule has 0 heteroatoms. The zero-order valence-corrected chi connectivity index (χ0v) is 21.0. The minimum atomic E-state index is 0.971. The molecule has 0 fully saturated rings. The van der Waals surface area contributed by atoms with E-state index in [9.17, 15) is 0 Å². The van der Waals surface area contributed by atoms with Crippen LogP contribution < -0.4 is 0 Å². The molecule has 0 aromatic rings. The molecule has 0 aliphatic carbocycles. The molecule has 0 aromatic heterocycles. The second kappa shape index (κ2) is 26.6. The van der Waals surface area contributed by atoms with Crippen molar-refractivity contribution in [3.63, 3.8) is 0 Å². The summed E-state index contributed by atoms with van der Waals surface area (Å²) in [5.74, 6) is 7.79. The summed E-state index contributed by atoms with van der Waals surface area (Å²) >= 11 is 0. The minimum Gasteiger partial charge on any atom is -0.103 e. The van der Waals surface area contributed by atoms with Crippen LogP contribution in [0.4, 0.5) is 0 Å². The first kappa shape index (κ1) is 29.6. The van der Waals surface area contributed by atoms with Crippen molar-refractivity contribution in [3.8, 4) is 11.8 Å². The van der Waals surface area contributed by atoms with Crippen molar-refractivity contribution in [1.29, 1.82) is 0 Å². The van der Waals surface area contributed by atoms with Crippen molar-refractivity contribution < 1.29 is 0 Å². The average molecular weight is 417 g/mol. The van der Waals surface area contributed by atoms with Crippen LogP contribution in [0.15, 0.2) is 0 Å². The Kier molecular flexibility index (Phi) is 26.2. The normalized spacial score (nSPS) is 12.0. The van der Waals surface area contributed by atoms with Gasteiger partial charge in [0.1, 0.15) is 0 Å². The lowest BCUT2D eigenvalue weighted by molar-refractivity contribution is 0.396. The number of hydrogen-bond acceptors (Lipinski definition) is 0. The molecule has 1 atom stereocenters. The van der Waals surface area contributed by atoms with E-state index < -0.39 is 0 Å². The molecular formula is C30H56. The van der Waals surface area contributed by atoms with E-state index in [1.807, 2.05) is 0 Å². The maximum absolute atomic E-state index is 3.94. The van der Waals surface area contributed by atoms with Crippen molar-refractivity contribution in [3.05, 3.63) is 13.8 Å². The van der Waals surface area contributed by atoms with Crippen molar-refractivity contribution >= 4 is 0 Å². The summed E-state index contributed by atoms with van der Waals surface area (Å²) < 4.78 is 0. The number of unbranched alkanes of at least 4 members (excludes halogenated alkanes) is 18. The molecule has 2 radical (unpaired) electrons. The molecule has 0 rings (SSSR count). The van der Waals surface area contributed by atoms with Crippen LogP contribution in [-0.4, -0.2) is 0 Å². The lowest BCUT2D eigenvalue weighted by atomic mass is 9.92. The summed E-state index contributed by atoms with van der Waals surface area (Å²) in [5.41, 5.74) is 0. The van der Waals surface area contributed by atoms with Crippen LogP contribution in [0, 0.1) is 31.6 Å². The fraction of sp³-hybridized carbons (Fsp3) is 0.867. The Morgan fingerprint density at radius 2 is 0.800 bits per heavy atom. The van der Waals surface area contributed by atoms with Crippen molar-refractivity contribution in [2.24, 2.45) is 5.92 Å². The highest BCUT2D eigenvalue weighted by Gasteiger charge is 2.05. The molecule has 0 aliphatic rings. The molecule has 1 unspecified atom stereocenters. The summed E-state index contributed by atoms with van der Waals surface area (Å²) in [5, 5.41) is 0. The molecule has 0 N–H and O–H groups in total. The van der Waals surface area contributed by atoms with Gasteiger partial charge in [-0.15, -0.1) is 11.8 Å². The van der Waals surface area contributed by atoms with E-state index in [4.69, 9.17) is 0 Å². The second-order valence-corrected chi connectivity index (χ2v) is 9.42. The van der Waals surface area contributed by atoms with Crippen molar-refractivity contribution in [2.75, 3.05) is 0 Å². The maximum atomic E-state index is 3.94. The van der Waals surface area contributed by atoms with Gasteiger partial charge in [-0.3, -0.25) is 0 Å². The SMILES string of the molecule is [CH2]CCCCCCCCCCCCC#CCCCCCCC(CC)CCCCC[CH2]. The highest BCUT2D eigenvalue weighted by molar-refractivity contribution is 4.98. The predicted molar refractivity (Wildman–Crippen MR) is 138 cm³/mol. The lowest BCUT2D eigenvalue weighted by Crippen LogP contribution is -1.99. The summed E-state index contributed by atoms with van der Waals surface area (Å²) in [6.45, 7) is 10.2. The zero-order valence-electron chi connectivity index (χ0n) is 21.0. The summed E-state index contributed by atoms with van der Waals surface area (Å²) in [6.07, 6.45) is 32.3. The summed E-state index contributed by atoms with van der Waals surface area (Å²) in [7, 11) is 0. The van der Waals surface area contributed by atoms with E-state index in [2.05, 4.69) is 32.6 Å². The quantitative estimate of drug-likeness (QED) is 0.115. The minimum absolute atomic E-state index is 0.971. The van der Waals surface area contributed by atoms with E-state index in [0.717, 1.165) is 31.6 Å². The molecule has 30 heavy (non-hydrogen) atoms. The zero-order chi connectivity index (χ0) is 22.0. The lowest BCUT2D eigenvalue weighted by Gasteiger charge is -2.14. The summed E-state index contributed by atoms with van der Waals surface area (Å²) in [4.78, 5) is 0. The maximum Gasteiger partial charge on any atom is 0.00886 e. The van der Waals surface area contributed by atoms with Crippen LogP contribution in [-0.2, 0) is 0 Å². The van der Waals surface area contributed by atoms with Crippen LogP contribution in [0.3, 0.4) is 0 Å². The van der Waals surface area contributed by atoms with Crippen LogP contribution >= 0.6 is 0 Å². The van der Waals surface area contributed by atoms with Crippen molar-refractivity contribution in [2.45, 2.75) is 161 Å². The van der Waals surface area contributed by atoms with Gasteiger partial charge in [0, 0.05) is 12.8 Å². The van der Waals surface area contributed by atoms with Crippen LogP contribution in [0.5, 0.6) is 0 Å². The summed E-state index contributed by atoms with van der Waals surface area (Å²) in [6, 6.07) is 0. The van der Waals surface area contributed by atoms with Gasteiger partial charge in [0.05, 0.1) is 0 Å². The molecule has 0 bridgehead atoms. The van der Waals surface area contributed by atoms with E-state index in [-0.39, 0.29) is 0 Å². The highest BCUT2D eigenvalue weighted by Crippen LogP contribution is 2.21. The van der Waals surface area contributed by atoms with E-state index in [1.54, 1.807) is 0 Å². The van der Waals surface area contributed by atoms with Gasteiger partial charge < -0.3 is 0 Å². The van der Waals surface area contributed by atoms with Crippen LogP contribution in [0.2, 0.25) is 0 Å². The van der Waals surface area contributed by atoms with Crippen LogP contribution in [0.1, 0.15) is 161 Å². The Labute approximate surface area is 192 Å². The topological polar surface area (TPSA) is 0 Å². The first-order chi connectivity index (χ1) is 14.8. The standard InChI is InChI=1S/C30H56/c1-4-7-9-11-12-13-14-15-16-17-18-19-20-21-22-23-24-25-27-29-30(6-3)28-26-10-8-5-2/h30H,1-2,4-19,22-29H2,3H3. The molecule has 0 amide bonds. The Bertz CT molecular complexity index is 358. The largest absolute Gasteiger partial charge is 0.103 e. The average Bonchev–Trinajstić information content (AvgIpc) is 2.76. The van der Waals surface area contributed by atoms with Gasteiger partial charge in [-0.1, -0.05) is 149 Å². The molecular weight excluding hydrogens is 360 g/mol. The molecule has 0 aliphatic heterocycles. The Morgan fingerprint density at radius 1 is 0.467 bits per heavy atom. The Balaban J connectivity index is 3.28. The Hall–Kier alpha value is -0.440. The third-order valence-corrected chi connectivity index (χ3v) is 6.53. The first-order valence-corrected chi connectivity index (χ1v) is 13.9. The number of rotatable bonds is 23. The van der Waals surface area contributed by atoms with Gasteiger partial charge in [-0.05, 0) is 18.8 Å². The molecule has 0 saturated heterocycles. The van der Waals surface area contributed by atoms with Crippen molar-refractivity contribution in [1.82, 2.24) is 0 Å². The molecule has 0 saturated carbocycles. The fourth-order valence-electron chi connectivity index (χ4n) is 4.32. The van der Waals surface area contributed by atoms with Gasteiger partial charge >= 0.3 is 0 Å². The van der Waals surface area contributed by atoms with E-state index in [0.29, 0.717) is 0 Å². The van der Waals surface area contributed by atoms with Gasteiger partial charge in [-0.2, -0.15) is 0 Å². The third-order valence-electron chi connectivity index (χ3n) is 6.53. The molecule has 176 valence electrons. The molecule has 0 heterocycles. The van der Waals surface area contributed by atoms with Gasteiger partial charge in [-0.25, -0.2) is 0 Å².